The Morgan fingerprint density at radius 1 is 1.19 bits per heavy atom. The van der Waals surface area contributed by atoms with E-state index in [1.165, 1.54) is 18.3 Å². The highest BCUT2D eigenvalue weighted by atomic mass is 16.5. The number of aromatic carboxylic acids is 1. The van der Waals surface area contributed by atoms with Crippen molar-refractivity contribution in [1.29, 1.82) is 0 Å². The Bertz CT molecular complexity index is 836. The molecule has 0 spiro atoms. The number of carbonyl (C=O) groups is 2. The van der Waals surface area contributed by atoms with Crippen LogP contribution in [-0.2, 0) is 0 Å². The van der Waals surface area contributed by atoms with Gasteiger partial charge in [0.25, 0.3) is 5.91 Å². The van der Waals surface area contributed by atoms with Gasteiger partial charge in [-0.3, -0.25) is 4.79 Å². The molecule has 0 saturated carbocycles. The van der Waals surface area contributed by atoms with E-state index in [1.54, 1.807) is 25.2 Å². The quantitative estimate of drug-likeness (QED) is 0.886. The summed E-state index contributed by atoms with van der Waals surface area (Å²) in [6.07, 6.45) is 3.02. The molecule has 0 aliphatic carbocycles. The van der Waals surface area contributed by atoms with Crippen LogP contribution in [0.15, 0.2) is 36.5 Å². The van der Waals surface area contributed by atoms with Gasteiger partial charge < -0.3 is 19.5 Å². The highest BCUT2D eigenvalue weighted by Crippen LogP contribution is 2.39. The smallest absolute Gasteiger partial charge is 0.354 e. The van der Waals surface area contributed by atoms with E-state index in [1.807, 2.05) is 12.1 Å². The molecule has 2 heterocycles. The van der Waals surface area contributed by atoms with Gasteiger partial charge in [-0.15, -0.1) is 0 Å². The number of aromatic nitrogens is 1. The predicted molar refractivity (Wildman–Crippen MR) is 93.8 cm³/mol. The third kappa shape index (κ3) is 3.33. The van der Waals surface area contributed by atoms with E-state index in [0.717, 1.165) is 18.4 Å². The van der Waals surface area contributed by atoms with E-state index in [0.29, 0.717) is 23.6 Å². The summed E-state index contributed by atoms with van der Waals surface area (Å²) < 4.78 is 10.7. The first-order chi connectivity index (χ1) is 12.5. The Morgan fingerprint density at radius 2 is 2.00 bits per heavy atom. The molecule has 1 saturated heterocycles. The second kappa shape index (κ2) is 7.43. The van der Waals surface area contributed by atoms with Crippen molar-refractivity contribution in [2.45, 2.75) is 18.9 Å². The van der Waals surface area contributed by atoms with Crippen molar-refractivity contribution in [3.8, 4) is 11.5 Å². The molecule has 1 aliphatic rings. The molecule has 1 aromatic carbocycles. The lowest BCUT2D eigenvalue weighted by molar-refractivity contribution is 0.0690. The van der Waals surface area contributed by atoms with Crippen molar-refractivity contribution in [2.24, 2.45) is 0 Å². The maximum atomic E-state index is 13.0. The fourth-order valence-electron chi connectivity index (χ4n) is 3.27. The predicted octanol–water partition coefficient (Wildman–Crippen LogP) is 2.77. The zero-order valence-electron chi connectivity index (χ0n) is 14.6. The summed E-state index contributed by atoms with van der Waals surface area (Å²) in [5.74, 6) is -0.0265. The van der Waals surface area contributed by atoms with Crippen molar-refractivity contribution in [1.82, 2.24) is 9.88 Å². The molecule has 1 aliphatic heterocycles. The van der Waals surface area contributed by atoms with Crippen LogP contribution in [0.5, 0.6) is 11.5 Å². The number of hydrogen-bond acceptors (Lipinski definition) is 5. The van der Waals surface area contributed by atoms with E-state index in [9.17, 15) is 9.59 Å². The van der Waals surface area contributed by atoms with Gasteiger partial charge in [0.1, 0.15) is 17.2 Å². The van der Waals surface area contributed by atoms with Crippen molar-refractivity contribution in [2.75, 3.05) is 20.8 Å². The number of hydrogen-bond donors (Lipinski definition) is 1. The fraction of sp³-hybridized carbons (Fsp3) is 0.316. The van der Waals surface area contributed by atoms with Crippen molar-refractivity contribution >= 4 is 11.9 Å². The van der Waals surface area contributed by atoms with Crippen LogP contribution in [0.3, 0.4) is 0 Å². The number of carboxylic acids is 1. The Balaban J connectivity index is 1.92. The number of carbonyl (C=O) groups excluding carboxylic acids is 1. The molecule has 7 heteroatoms. The average Bonchev–Trinajstić information content (AvgIpc) is 3.16. The Labute approximate surface area is 151 Å². The highest BCUT2D eigenvalue weighted by molar-refractivity contribution is 5.97. The molecule has 1 atom stereocenters. The lowest BCUT2D eigenvalue weighted by atomic mass is 10.0. The minimum absolute atomic E-state index is 0.134. The van der Waals surface area contributed by atoms with Crippen LogP contribution in [-0.4, -0.2) is 47.6 Å². The molecular formula is C19H20N2O5. The van der Waals surface area contributed by atoms with Crippen LogP contribution < -0.4 is 9.47 Å². The molecule has 136 valence electrons. The zero-order valence-corrected chi connectivity index (χ0v) is 14.6. The largest absolute Gasteiger partial charge is 0.497 e. The van der Waals surface area contributed by atoms with Crippen LogP contribution in [0.4, 0.5) is 0 Å². The molecule has 7 nitrogen and oxygen atoms in total. The Hall–Kier alpha value is -3.09. The summed E-state index contributed by atoms with van der Waals surface area (Å²) in [7, 11) is 3.17. The van der Waals surface area contributed by atoms with Gasteiger partial charge in [-0.05, 0) is 37.1 Å². The first-order valence-corrected chi connectivity index (χ1v) is 8.27. The second-order valence-electron chi connectivity index (χ2n) is 6.00. The van der Waals surface area contributed by atoms with Gasteiger partial charge in [0.2, 0.25) is 0 Å². The number of likely N-dealkylation sites (tertiary alicyclic amines) is 1. The summed E-state index contributed by atoms with van der Waals surface area (Å²) in [5, 5.41) is 9.09. The number of carboxylic acid groups (broad SMARTS) is 1. The lowest BCUT2D eigenvalue weighted by Gasteiger charge is -2.26. The third-order valence-corrected chi connectivity index (χ3v) is 4.54. The lowest BCUT2D eigenvalue weighted by Crippen LogP contribution is -2.31. The summed E-state index contributed by atoms with van der Waals surface area (Å²) >= 11 is 0. The molecule has 1 aromatic heterocycles. The number of rotatable bonds is 5. The fourth-order valence-corrected chi connectivity index (χ4v) is 3.27. The molecule has 1 unspecified atom stereocenters. The normalized spacial score (nSPS) is 16.4. The first-order valence-electron chi connectivity index (χ1n) is 8.27. The minimum Gasteiger partial charge on any atom is -0.497 e. The standard InChI is InChI=1S/C19H20N2O5/c1-25-13-5-6-14(17(11-13)26-2)16-4-3-9-21(16)18(22)12-7-8-20-15(10-12)19(23)24/h5-8,10-11,16H,3-4,9H2,1-2H3,(H,23,24). The van der Waals surface area contributed by atoms with Crippen LogP contribution in [0.2, 0.25) is 0 Å². The topological polar surface area (TPSA) is 89.0 Å². The van der Waals surface area contributed by atoms with E-state index >= 15 is 0 Å². The monoisotopic (exact) mass is 356 g/mol. The minimum atomic E-state index is -1.16. The van der Waals surface area contributed by atoms with Crippen LogP contribution in [0.25, 0.3) is 0 Å². The van der Waals surface area contributed by atoms with Crippen LogP contribution in [0.1, 0.15) is 45.3 Å². The maximum absolute atomic E-state index is 13.0. The van der Waals surface area contributed by atoms with Gasteiger partial charge in [0, 0.05) is 29.9 Å². The molecule has 26 heavy (non-hydrogen) atoms. The number of pyridine rings is 1. The third-order valence-electron chi connectivity index (χ3n) is 4.54. The van der Waals surface area contributed by atoms with Crippen LogP contribution in [0, 0.1) is 0 Å². The van der Waals surface area contributed by atoms with Gasteiger partial charge in [0.05, 0.1) is 20.3 Å². The first kappa shape index (κ1) is 17.7. The van der Waals surface area contributed by atoms with E-state index in [2.05, 4.69) is 4.98 Å². The van der Waals surface area contributed by atoms with Gasteiger partial charge >= 0.3 is 5.97 Å². The maximum Gasteiger partial charge on any atom is 0.354 e. The van der Waals surface area contributed by atoms with Gasteiger partial charge in [-0.2, -0.15) is 0 Å². The van der Waals surface area contributed by atoms with Crippen molar-refractivity contribution in [3.63, 3.8) is 0 Å². The molecule has 2 aromatic rings. The number of nitrogens with zero attached hydrogens (tertiary/aromatic N) is 2. The highest BCUT2D eigenvalue weighted by Gasteiger charge is 2.32. The van der Waals surface area contributed by atoms with Gasteiger partial charge in [0.15, 0.2) is 0 Å². The molecule has 1 fully saturated rings. The van der Waals surface area contributed by atoms with Gasteiger partial charge in [-0.25, -0.2) is 9.78 Å². The number of amides is 1. The molecule has 0 bridgehead atoms. The van der Waals surface area contributed by atoms with Gasteiger partial charge in [-0.1, -0.05) is 0 Å². The number of benzene rings is 1. The zero-order chi connectivity index (χ0) is 18.7. The molecular weight excluding hydrogens is 336 g/mol. The molecule has 1 N–H and O–H groups in total. The Morgan fingerprint density at radius 3 is 2.69 bits per heavy atom. The molecule has 3 rings (SSSR count). The van der Waals surface area contributed by atoms with E-state index in [-0.39, 0.29) is 17.6 Å². The summed E-state index contributed by atoms with van der Waals surface area (Å²) in [4.78, 5) is 29.6. The SMILES string of the molecule is COc1ccc(C2CCCN2C(=O)c2ccnc(C(=O)O)c2)c(OC)c1. The van der Waals surface area contributed by atoms with Crippen molar-refractivity contribution in [3.05, 3.63) is 53.3 Å². The summed E-state index contributed by atoms with van der Waals surface area (Å²) in [5.41, 5.74) is 1.08. The molecule has 1 amide bonds. The number of ether oxygens (including phenoxy) is 2. The van der Waals surface area contributed by atoms with Crippen molar-refractivity contribution < 1.29 is 24.2 Å². The van der Waals surface area contributed by atoms with E-state index < -0.39 is 5.97 Å². The molecule has 0 radical (unpaired) electrons. The Kier molecular flexibility index (Phi) is 5.06. The summed E-state index contributed by atoms with van der Waals surface area (Å²) in [6.45, 7) is 0.601. The van der Waals surface area contributed by atoms with Crippen LogP contribution >= 0.6 is 0 Å². The summed E-state index contributed by atoms with van der Waals surface area (Å²) in [6, 6.07) is 8.26. The van der Waals surface area contributed by atoms with E-state index in [4.69, 9.17) is 14.6 Å². The average molecular weight is 356 g/mol. The number of methoxy groups -OCH3 is 2. The second-order valence-corrected chi connectivity index (χ2v) is 6.00.